The Labute approximate surface area is 165 Å². The van der Waals surface area contributed by atoms with E-state index in [0.29, 0.717) is 10.2 Å². The van der Waals surface area contributed by atoms with Crippen LogP contribution in [0.4, 0.5) is 16.5 Å². The number of benzene rings is 2. The maximum Gasteiger partial charge on any atom is 0.234 e. The fraction of sp³-hybridized carbons (Fsp3) is 0.167. The van der Waals surface area contributed by atoms with Gasteiger partial charge in [-0.1, -0.05) is 59.0 Å². The van der Waals surface area contributed by atoms with E-state index >= 15 is 0 Å². The molecule has 0 aliphatic rings. The van der Waals surface area contributed by atoms with Gasteiger partial charge in [0.2, 0.25) is 11.0 Å². The van der Waals surface area contributed by atoms with E-state index in [1.807, 2.05) is 44.2 Å². The summed E-state index contributed by atoms with van der Waals surface area (Å²) in [4.78, 5) is 12.2. The molecule has 0 spiro atoms. The van der Waals surface area contributed by atoms with Gasteiger partial charge in [-0.3, -0.25) is 4.79 Å². The average molecular weight is 405 g/mol. The highest BCUT2D eigenvalue weighted by Gasteiger charge is 2.10. The van der Waals surface area contributed by atoms with E-state index in [4.69, 9.17) is 11.6 Å². The summed E-state index contributed by atoms with van der Waals surface area (Å²) < 4.78 is 0.735. The summed E-state index contributed by atoms with van der Waals surface area (Å²) in [6.07, 6.45) is 0. The zero-order chi connectivity index (χ0) is 18.5. The van der Waals surface area contributed by atoms with Crippen LogP contribution in [0.2, 0.25) is 5.02 Å². The molecule has 0 atom stereocenters. The fourth-order valence-corrected chi connectivity index (χ4v) is 3.93. The highest BCUT2D eigenvalue weighted by molar-refractivity contribution is 8.01. The number of thioether (sulfide) groups is 1. The van der Waals surface area contributed by atoms with Crippen LogP contribution in [0.15, 0.2) is 46.8 Å². The summed E-state index contributed by atoms with van der Waals surface area (Å²) in [7, 11) is 0. The number of aryl methyl sites for hydroxylation is 2. The molecule has 0 bridgehead atoms. The predicted octanol–water partition coefficient (Wildman–Crippen LogP) is 5.28. The Hall–Kier alpha value is -2.09. The average Bonchev–Trinajstić information content (AvgIpc) is 3.06. The molecule has 0 aliphatic carbocycles. The Morgan fingerprint density at radius 3 is 2.69 bits per heavy atom. The number of carbonyl (C=O) groups excluding carboxylic acids is 1. The quantitative estimate of drug-likeness (QED) is 0.547. The topological polar surface area (TPSA) is 66.9 Å². The maximum absolute atomic E-state index is 12.2. The van der Waals surface area contributed by atoms with Gasteiger partial charge in [0.25, 0.3) is 0 Å². The Morgan fingerprint density at radius 2 is 1.88 bits per heavy atom. The molecule has 3 rings (SSSR count). The molecule has 5 nitrogen and oxygen atoms in total. The van der Waals surface area contributed by atoms with Gasteiger partial charge in [-0.05, 0) is 43.2 Å². The summed E-state index contributed by atoms with van der Waals surface area (Å²) in [6.45, 7) is 3.95. The molecule has 1 amide bonds. The number of nitrogens with one attached hydrogen (secondary N) is 2. The molecule has 26 heavy (non-hydrogen) atoms. The van der Waals surface area contributed by atoms with Crippen molar-refractivity contribution in [3.05, 3.63) is 58.6 Å². The monoisotopic (exact) mass is 404 g/mol. The molecule has 8 heteroatoms. The standard InChI is InChI=1S/C18H17ClN4OS2/c1-11-5-3-4-6-14(11)21-17-22-23-18(26-17)25-10-16(24)20-15-9-13(19)8-7-12(15)2/h3-9H,10H2,1-2H3,(H,20,24)(H,21,22). The molecule has 0 unspecified atom stereocenters. The van der Waals surface area contributed by atoms with Gasteiger partial charge in [0.1, 0.15) is 0 Å². The molecule has 0 saturated heterocycles. The molecule has 1 aromatic heterocycles. The van der Waals surface area contributed by atoms with Crippen LogP contribution in [0.1, 0.15) is 11.1 Å². The van der Waals surface area contributed by atoms with Crippen molar-refractivity contribution >= 4 is 57.1 Å². The lowest BCUT2D eigenvalue weighted by Crippen LogP contribution is -2.14. The third-order valence-corrected chi connectivity index (χ3v) is 5.80. The van der Waals surface area contributed by atoms with Crippen molar-refractivity contribution in [1.82, 2.24) is 10.2 Å². The zero-order valence-corrected chi connectivity index (χ0v) is 16.6. The number of aromatic nitrogens is 2. The second kappa shape index (κ2) is 8.53. The molecule has 1 heterocycles. The first-order valence-corrected chi connectivity index (χ1v) is 10.0. The molecule has 0 aliphatic heterocycles. The fourth-order valence-electron chi connectivity index (χ4n) is 2.19. The van der Waals surface area contributed by atoms with Crippen molar-refractivity contribution in [2.75, 3.05) is 16.4 Å². The van der Waals surface area contributed by atoms with Crippen molar-refractivity contribution in [1.29, 1.82) is 0 Å². The second-order valence-electron chi connectivity index (χ2n) is 5.61. The number of nitrogens with zero attached hydrogens (tertiary/aromatic N) is 2. The van der Waals surface area contributed by atoms with Gasteiger partial charge in [-0.25, -0.2) is 0 Å². The van der Waals surface area contributed by atoms with Crippen molar-refractivity contribution < 1.29 is 4.79 Å². The van der Waals surface area contributed by atoms with Crippen molar-refractivity contribution in [3.63, 3.8) is 0 Å². The SMILES string of the molecule is Cc1ccc(Cl)cc1NC(=O)CSc1nnc(Nc2ccccc2C)s1. The lowest BCUT2D eigenvalue weighted by molar-refractivity contribution is -0.113. The number of halogens is 1. The molecule has 2 N–H and O–H groups in total. The smallest absolute Gasteiger partial charge is 0.234 e. The first-order chi connectivity index (χ1) is 12.5. The summed E-state index contributed by atoms with van der Waals surface area (Å²) in [5.41, 5.74) is 3.82. The number of hydrogen-bond acceptors (Lipinski definition) is 6. The maximum atomic E-state index is 12.2. The second-order valence-corrected chi connectivity index (χ2v) is 8.25. The molecule has 0 fully saturated rings. The number of carbonyl (C=O) groups is 1. The predicted molar refractivity (Wildman–Crippen MR) is 110 cm³/mol. The Kier molecular flexibility index (Phi) is 6.13. The van der Waals surface area contributed by atoms with Crippen molar-refractivity contribution in [3.8, 4) is 0 Å². The van der Waals surface area contributed by atoms with E-state index in [0.717, 1.165) is 26.8 Å². The van der Waals surface area contributed by atoms with Gasteiger partial charge >= 0.3 is 0 Å². The van der Waals surface area contributed by atoms with E-state index in [9.17, 15) is 4.79 Å². The lowest BCUT2D eigenvalue weighted by atomic mass is 10.2. The molecule has 134 valence electrons. The van der Waals surface area contributed by atoms with Crippen LogP contribution in [-0.4, -0.2) is 21.9 Å². The van der Waals surface area contributed by atoms with Crippen LogP contribution in [0.5, 0.6) is 0 Å². The molecular weight excluding hydrogens is 388 g/mol. The summed E-state index contributed by atoms with van der Waals surface area (Å²) in [6, 6.07) is 13.4. The van der Waals surface area contributed by atoms with Gasteiger partial charge < -0.3 is 10.6 Å². The summed E-state index contributed by atoms with van der Waals surface area (Å²) >= 11 is 8.75. The minimum absolute atomic E-state index is 0.107. The van der Waals surface area contributed by atoms with E-state index in [-0.39, 0.29) is 11.7 Å². The summed E-state index contributed by atoms with van der Waals surface area (Å²) in [5.74, 6) is 0.147. The van der Waals surface area contributed by atoms with Crippen molar-refractivity contribution in [2.45, 2.75) is 18.2 Å². The number of hydrogen-bond donors (Lipinski definition) is 2. The largest absolute Gasteiger partial charge is 0.330 e. The zero-order valence-electron chi connectivity index (χ0n) is 14.2. The first-order valence-electron chi connectivity index (χ1n) is 7.86. The number of anilines is 3. The highest BCUT2D eigenvalue weighted by atomic mass is 35.5. The van der Waals surface area contributed by atoms with Gasteiger partial charge in [-0.15, -0.1) is 10.2 Å². The van der Waals surface area contributed by atoms with Gasteiger partial charge in [0.05, 0.1) is 5.75 Å². The van der Waals surface area contributed by atoms with Gasteiger partial charge in [-0.2, -0.15) is 0 Å². The Bertz CT molecular complexity index is 929. The van der Waals surface area contributed by atoms with E-state index in [1.54, 1.807) is 12.1 Å². The highest BCUT2D eigenvalue weighted by Crippen LogP contribution is 2.29. The van der Waals surface area contributed by atoms with Crippen LogP contribution in [0, 0.1) is 13.8 Å². The molecule has 0 saturated carbocycles. The molecule has 3 aromatic rings. The minimum Gasteiger partial charge on any atom is -0.330 e. The number of rotatable bonds is 6. The normalized spacial score (nSPS) is 10.6. The number of para-hydroxylation sites is 1. The molecular formula is C18H17ClN4OS2. The third kappa shape index (κ3) is 4.97. The van der Waals surface area contributed by atoms with Gasteiger partial charge in [0.15, 0.2) is 4.34 Å². The molecule has 2 aromatic carbocycles. The van der Waals surface area contributed by atoms with E-state index in [1.165, 1.54) is 23.1 Å². The van der Waals surface area contributed by atoms with Gasteiger partial charge in [0, 0.05) is 16.4 Å². The molecule has 0 radical (unpaired) electrons. The number of amides is 1. The van der Waals surface area contributed by atoms with E-state index in [2.05, 4.69) is 20.8 Å². The minimum atomic E-state index is -0.107. The van der Waals surface area contributed by atoms with E-state index < -0.39 is 0 Å². The summed E-state index contributed by atoms with van der Waals surface area (Å²) in [5, 5.41) is 15.7. The van der Waals surface area contributed by atoms with Crippen molar-refractivity contribution in [2.24, 2.45) is 0 Å². The van der Waals surface area contributed by atoms with Crippen LogP contribution in [0.25, 0.3) is 0 Å². The lowest BCUT2D eigenvalue weighted by Gasteiger charge is -2.08. The Balaban J connectivity index is 1.55. The van der Waals surface area contributed by atoms with Crippen LogP contribution < -0.4 is 10.6 Å². The van der Waals surface area contributed by atoms with Crippen LogP contribution in [-0.2, 0) is 4.79 Å². The third-order valence-electron chi connectivity index (χ3n) is 3.59. The van der Waals surface area contributed by atoms with Crippen LogP contribution >= 0.6 is 34.7 Å². The first kappa shape index (κ1) is 18.7. The Morgan fingerprint density at radius 1 is 1.12 bits per heavy atom. The van der Waals surface area contributed by atoms with Crippen LogP contribution in [0.3, 0.4) is 0 Å².